The molecule has 1 unspecified atom stereocenters. The lowest BCUT2D eigenvalue weighted by molar-refractivity contribution is -0.385. The molecule has 8 heteroatoms. The van der Waals surface area contributed by atoms with Crippen molar-refractivity contribution in [3.63, 3.8) is 0 Å². The minimum Gasteiger partial charge on any atom is -0.360 e. The number of carbonyl (C=O) groups is 1. The van der Waals surface area contributed by atoms with Crippen LogP contribution in [0.4, 0.5) is 17.1 Å². The van der Waals surface area contributed by atoms with E-state index in [1.54, 1.807) is 11.0 Å². The van der Waals surface area contributed by atoms with Crippen molar-refractivity contribution in [3.05, 3.63) is 96.1 Å². The van der Waals surface area contributed by atoms with E-state index in [0.717, 1.165) is 9.13 Å². The Hall–Kier alpha value is -2.65. The molecule has 0 saturated heterocycles. The summed E-state index contributed by atoms with van der Waals surface area (Å²) >= 11 is 8.32. The summed E-state index contributed by atoms with van der Waals surface area (Å²) in [6.07, 6.45) is -0.782. The summed E-state index contributed by atoms with van der Waals surface area (Å²) in [5.74, 6) is -0.234. The Morgan fingerprint density at radius 3 is 2.66 bits per heavy atom. The maximum atomic E-state index is 13.5. The molecule has 1 aliphatic heterocycles. The van der Waals surface area contributed by atoms with Gasteiger partial charge in [-0.15, -0.1) is 0 Å². The number of hydrogen-bond acceptors (Lipinski definition) is 4. The zero-order chi connectivity index (χ0) is 20.7. The number of anilines is 2. The Morgan fingerprint density at radius 1 is 1.14 bits per heavy atom. The summed E-state index contributed by atoms with van der Waals surface area (Å²) < 4.78 is 0.924. The fourth-order valence-corrected chi connectivity index (χ4v) is 4.12. The van der Waals surface area contributed by atoms with Crippen LogP contribution in [0.15, 0.2) is 60.7 Å². The predicted octanol–water partition coefficient (Wildman–Crippen LogP) is 5.93. The number of aryl methyl sites for hydroxylation is 1. The monoisotopic (exact) mass is 519 g/mol. The maximum absolute atomic E-state index is 13.5. The van der Waals surface area contributed by atoms with E-state index in [1.165, 1.54) is 18.2 Å². The lowest BCUT2D eigenvalue weighted by Gasteiger charge is -2.38. The van der Waals surface area contributed by atoms with Gasteiger partial charge in [-0.1, -0.05) is 23.7 Å². The van der Waals surface area contributed by atoms with E-state index in [2.05, 4.69) is 27.9 Å². The van der Waals surface area contributed by atoms with Crippen LogP contribution in [0, 0.1) is 20.6 Å². The van der Waals surface area contributed by atoms with Crippen molar-refractivity contribution in [2.75, 3.05) is 10.2 Å². The van der Waals surface area contributed by atoms with E-state index < -0.39 is 11.1 Å². The van der Waals surface area contributed by atoms with E-state index in [1.807, 2.05) is 43.3 Å². The highest BCUT2D eigenvalue weighted by Gasteiger charge is 2.37. The number of nitro groups is 1. The Bertz CT molecular complexity index is 1150. The predicted molar refractivity (Wildman–Crippen MR) is 122 cm³/mol. The molecule has 29 heavy (non-hydrogen) atoms. The van der Waals surface area contributed by atoms with Crippen molar-refractivity contribution in [1.29, 1.82) is 0 Å². The van der Waals surface area contributed by atoms with E-state index in [0.29, 0.717) is 27.5 Å². The second kappa shape index (κ2) is 7.64. The van der Waals surface area contributed by atoms with Gasteiger partial charge in [0.15, 0.2) is 0 Å². The number of halogens is 2. The zero-order valence-electron chi connectivity index (χ0n) is 15.2. The van der Waals surface area contributed by atoms with Crippen molar-refractivity contribution in [1.82, 2.24) is 0 Å². The van der Waals surface area contributed by atoms with Crippen LogP contribution in [0.2, 0.25) is 5.02 Å². The Morgan fingerprint density at radius 2 is 1.93 bits per heavy atom. The molecule has 0 saturated carbocycles. The van der Waals surface area contributed by atoms with E-state index in [-0.39, 0.29) is 11.6 Å². The first-order valence-electron chi connectivity index (χ1n) is 8.75. The average Bonchev–Trinajstić information content (AvgIpc) is 2.68. The third-order valence-electron chi connectivity index (χ3n) is 4.74. The highest BCUT2D eigenvalue weighted by Crippen LogP contribution is 2.40. The lowest BCUT2D eigenvalue weighted by atomic mass is 10.0. The SMILES string of the molecule is Cc1cccc(N2C(=O)c3cc(I)ccc3NC2c2cc(Cl)ccc2[N+](=O)[O-])c1. The fourth-order valence-electron chi connectivity index (χ4n) is 3.45. The number of rotatable bonds is 3. The third kappa shape index (κ3) is 3.67. The van der Waals surface area contributed by atoms with Crippen LogP contribution in [0.5, 0.6) is 0 Å². The van der Waals surface area contributed by atoms with Gasteiger partial charge in [-0.05, 0) is 77.5 Å². The van der Waals surface area contributed by atoms with Crippen LogP contribution < -0.4 is 10.2 Å². The number of fused-ring (bicyclic) bond motifs is 1. The fraction of sp³-hybridized carbons (Fsp3) is 0.0952. The molecule has 1 heterocycles. The second-order valence-electron chi connectivity index (χ2n) is 6.71. The molecule has 0 aromatic heterocycles. The van der Waals surface area contributed by atoms with E-state index in [4.69, 9.17) is 11.6 Å². The molecule has 1 aliphatic rings. The molecular weight excluding hydrogens is 505 g/mol. The lowest BCUT2D eigenvalue weighted by Crippen LogP contribution is -2.43. The van der Waals surface area contributed by atoms with Crippen LogP contribution in [0.25, 0.3) is 0 Å². The van der Waals surface area contributed by atoms with Gasteiger partial charge in [-0.2, -0.15) is 0 Å². The molecular formula is C21H15ClIN3O3. The average molecular weight is 520 g/mol. The number of benzene rings is 3. The molecule has 0 fully saturated rings. The van der Waals surface area contributed by atoms with Gasteiger partial charge in [0.1, 0.15) is 6.17 Å². The molecule has 6 nitrogen and oxygen atoms in total. The van der Waals surface area contributed by atoms with Crippen LogP contribution in [-0.2, 0) is 0 Å². The van der Waals surface area contributed by atoms with Crippen molar-refractivity contribution in [2.45, 2.75) is 13.1 Å². The molecule has 1 N–H and O–H groups in total. The Kier molecular flexibility index (Phi) is 5.18. The molecule has 4 rings (SSSR count). The van der Waals surface area contributed by atoms with Crippen molar-refractivity contribution >= 4 is 57.2 Å². The highest BCUT2D eigenvalue weighted by atomic mass is 127. The summed E-state index contributed by atoms with van der Waals surface area (Å²) in [5.41, 5.74) is 2.97. The first-order chi connectivity index (χ1) is 13.8. The topological polar surface area (TPSA) is 75.5 Å². The first kappa shape index (κ1) is 19.7. The normalized spacial score (nSPS) is 15.6. The molecule has 0 spiro atoms. The molecule has 3 aromatic carbocycles. The van der Waals surface area contributed by atoms with Crippen molar-refractivity contribution in [3.8, 4) is 0 Å². The number of nitrogens with one attached hydrogen (secondary N) is 1. The minimum atomic E-state index is -0.782. The van der Waals surface area contributed by atoms with Gasteiger partial charge in [0, 0.05) is 26.0 Å². The second-order valence-corrected chi connectivity index (χ2v) is 8.39. The Labute approximate surface area is 185 Å². The maximum Gasteiger partial charge on any atom is 0.276 e. The van der Waals surface area contributed by atoms with E-state index >= 15 is 0 Å². The molecule has 1 amide bonds. The summed E-state index contributed by atoms with van der Waals surface area (Å²) in [4.78, 5) is 26.3. The molecule has 0 bridgehead atoms. The number of carbonyl (C=O) groups excluding carboxylic acids is 1. The summed E-state index contributed by atoms with van der Waals surface area (Å²) in [5, 5.41) is 15.3. The largest absolute Gasteiger partial charge is 0.360 e. The molecule has 1 atom stereocenters. The summed E-state index contributed by atoms with van der Waals surface area (Å²) in [7, 11) is 0. The molecule has 146 valence electrons. The number of amides is 1. The van der Waals surface area contributed by atoms with Gasteiger partial charge in [0.2, 0.25) is 0 Å². The molecule has 0 radical (unpaired) electrons. The van der Waals surface area contributed by atoms with Crippen molar-refractivity contribution < 1.29 is 9.72 Å². The minimum absolute atomic E-state index is 0.105. The van der Waals surface area contributed by atoms with Gasteiger partial charge < -0.3 is 5.32 Å². The third-order valence-corrected chi connectivity index (χ3v) is 5.65. The van der Waals surface area contributed by atoms with Gasteiger partial charge in [-0.25, -0.2) is 0 Å². The molecule has 0 aliphatic carbocycles. The number of nitro benzene ring substituents is 1. The zero-order valence-corrected chi connectivity index (χ0v) is 18.1. The van der Waals surface area contributed by atoms with Crippen LogP contribution in [0.1, 0.15) is 27.7 Å². The molecule has 3 aromatic rings. The number of nitrogens with zero attached hydrogens (tertiary/aromatic N) is 2. The smallest absolute Gasteiger partial charge is 0.276 e. The standard InChI is InChI=1S/C21H15ClIN3O3/c1-12-3-2-4-15(9-12)25-20(17-10-13(22)5-8-19(17)26(28)29)24-18-7-6-14(23)11-16(18)21(25)27/h2-11,20,24H,1H3. The van der Waals surface area contributed by atoms with Crippen LogP contribution in [0.3, 0.4) is 0 Å². The summed E-state index contributed by atoms with van der Waals surface area (Å²) in [6, 6.07) is 17.3. The van der Waals surface area contributed by atoms with Gasteiger partial charge in [0.05, 0.1) is 16.1 Å². The highest BCUT2D eigenvalue weighted by molar-refractivity contribution is 14.1. The van der Waals surface area contributed by atoms with E-state index in [9.17, 15) is 14.9 Å². The summed E-state index contributed by atoms with van der Waals surface area (Å²) in [6.45, 7) is 1.93. The van der Waals surface area contributed by atoms with Crippen LogP contribution >= 0.6 is 34.2 Å². The van der Waals surface area contributed by atoms with Gasteiger partial charge in [0.25, 0.3) is 11.6 Å². The Balaban J connectivity index is 1.95. The van der Waals surface area contributed by atoms with Gasteiger partial charge in [-0.3, -0.25) is 19.8 Å². The first-order valence-corrected chi connectivity index (χ1v) is 10.2. The quantitative estimate of drug-likeness (QED) is 0.264. The van der Waals surface area contributed by atoms with Crippen LogP contribution in [-0.4, -0.2) is 10.8 Å². The van der Waals surface area contributed by atoms with Gasteiger partial charge >= 0.3 is 0 Å². The number of hydrogen-bond donors (Lipinski definition) is 1. The van der Waals surface area contributed by atoms with Crippen molar-refractivity contribution in [2.24, 2.45) is 0 Å².